The zero-order chi connectivity index (χ0) is 16.4. The molecule has 0 bridgehead atoms. The number of halogens is 2. The molecule has 0 N–H and O–H groups in total. The SMILES string of the molecule is O=C(c1cccc(Cl)c1Cl)N1CCN(C(=O)C2CCCO2)CC1. The molecular weight excluding hydrogens is 339 g/mol. The van der Waals surface area contributed by atoms with Gasteiger partial charge in [-0.1, -0.05) is 29.3 Å². The van der Waals surface area contributed by atoms with Crippen LogP contribution in [-0.2, 0) is 9.53 Å². The third-order valence-corrected chi connectivity index (χ3v) is 5.08. The van der Waals surface area contributed by atoms with E-state index < -0.39 is 0 Å². The highest BCUT2D eigenvalue weighted by molar-refractivity contribution is 6.43. The molecule has 3 rings (SSSR count). The van der Waals surface area contributed by atoms with Gasteiger partial charge >= 0.3 is 0 Å². The Morgan fingerprint density at radius 3 is 2.43 bits per heavy atom. The summed E-state index contributed by atoms with van der Waals surface area (Å²) in [6.45, 7) is 2.66. The molecule has 1 aromatic carbocycles. The first-order chi connectivity index (χ1) is 11.1. The fourth-order valence-corrected chi connectivity index (χ4v) is 3.33. The number of hydrogen-bond acceptors (Lipinski definition) is 3. The van der Waals surface area contributed by atoms with Gasteiger partial charge in [-0.2, -0.15) is 0 Å². The first-order valence-electron chi connectivity index (χ1n) is 7.71. The average molecular weight is 357 g/mol. The molecule has 23 heavy (non-hydrogen) atoms. The van der Waals surface area contributed by atoms with Crippen molar-refractivity contribution in [3.63, 3.8) is 0 Å². The number of hydrogen-bond donors (Lipinski definition) is 0. The molecule has 0 radical (unpaired) electrons. The summed E-state index contributed by atoms with van der Waals surface area (Å²) >= 11 is 12.1. The Morgan fingerprint density at radius 2 is 1.78 bits per heavy atom. The largest absolute Gasteiger partial charge is 0.368 e. The van der Waals surface area contributed by atoms with Crippen molar-refractivity contribution in [3.8, 4) is 0 Å². The van der Waals surface area contributed by atoms with Gasteiger partial charge in [0.15, 0.2) is 0 Å². The van der Waals surface area contributed by atoms with Crippen LogP contribution in [-0.4, -0.2) is 60.5 Å². The van der Waals surface area contributed by atoms with Crippen molar-refractivity contribution in [2.75, 3.05) is 32.8 Å². The Labute approximate surface area is 145 Å². The molecule has 5 nitrogen and oxygen atoms in total. The summed E-state index contributed by atoms with van der Waals surface area (Å²) in [5.41, 5.74) is 0.401. The molecule has 2 fully saturated rings. The molecule has 0 aliphatic carbocycles. The highest BCUT2D eigenvalue weighted by Gasteiger charge is 2.31. The highest BCUT2D eigenvalue weighted by Crippen LogP contribution is 2.27. The number of benzene rings is 1. The monoisotopic (exact) mass is 356 g/mol. The normalized spacial score (nSPS) is 21.6. The van der Waals surface area contributed by atoms with Crippen molar-refractivity contribution in [1.29, 1.82) is 0 Å². The van der Waals surface area contributed by atoms with E-state index in [2.05, 4.69) is 0 Å². The molecule has 0 saturated carbocycles. The third kappa shape index (κ3) is 3.47. The fraction of sp³-hybridized carbons (Fsp3) is 0.500. The smallest absolute Gasteiger partial charge is 0.255 e. The second-order valence-corrected chi connectivity index (χ2v) is 6.51. The molecule has 0 spiro atoms. The minimum atomic E-state index is -0.306. The minimum absolute atomic E-state index is 0.0374. The topological polar surface area (TPSA) is 49.9 Å². The van der Waals surface area contributed by atoms with E-state index in [1.165, 1.54) is 0 Å². The van der Waals surface area contributed by atoms with Crippen molar-refractivity contribution in [3.05, 3.63) is 33.8 Å². The molecular formula is C16H18Cl2N2O3. The summed E-state index contributed by atoms with van der Waals surface area (Å²) in [5.74, 6) is -0.114. The predicted octanol–water partition coefficient (Wildman–Crippen LogP) is 2.46. The molecule has 2 amide bonds. The molecule has 2 saturated heterocycles. The summed E-state index contributed by atoms with van der Waals surface area (Å²) in [6.07, 6.45) is 1.41. The van der Waals surface area contributed by atoms with Gasteiger partial charge < -0.3 is 14.5 Å². The standard InChI is InChI=1S/C16H18Cl2N2O3/c17-12-4-1-3-11(14(12)18)15(21)19-6-8-20(9-7-19)16(22)13-5-2-10-23-13/h1,3-4,13H,2,5-10H2. The van der Waals surface area contributed by atoms with Crippen LogP contribution in [0.15, 0.2) is 18.2 Å². The van der Waals surface area contributed by atoms with Crippen LogP contribution < -0.4 is 0 Å². The summed E-state index contributed by atoms with van der Waals surface area (Å²) in [6, 6.07) is 5.03. The lowest BCUT2D eigenvalue weighted by atomic mass is 10.1. The second-order valence-electron chi connectivity index (χ2n) is 5.72. The van der Waals surface area contributed by atoms with Crippen LogP contribution in [0.2, 0.25) is 10.0 Å². The Kier molecular flexibility index (Phi) is 5.09. The van der Waals surface area contributed by atoms with Crippen LogP contribution in [0.1, 0.15) is 23.2 Å². The lowest BCUT2D eigenvalue weighted by Crippen LogP contribution is -2.52. The van der Waals surface area contributed by atoms with Crippen molar-refractivity contribution in [2.24, 2.45) is 0 Å². The summed E-state index contributed by atoms with van der Waals surface area (Å²) in [7, 11) is 0. The minimum Gasteiger partial charge on any atom is -0.368 e. The first kappa shape index (κ1) is 16.6. The van der Waals surface area contributed by atoms with Crippen LogP contribution in [0.4, 0.5) is 0 Å². The van der Waals surface area contributed by atoms with Gasteiger partial charge in [0.2, 0.25) is 0 Å². The van der Waals surface area contributed by atoms with Gasteiger partial charge in [0, 0.05) is 32.8 Å². The highest BCUT2D eigenvalue weighted by atomic mass is 35.5. The van der Waals surface area contributed by atoms with Gasteiger partial charge in [-0.05, 0) is 25.0 Å². The van der Waals surface area contributed by atoms with Crippen molar-refractivity contribution in [2.45, 2.75) is 18.9 Å². The zero-order valence-electron chi connectivity index (χ0n) is 12.6. The van der Waals surface area contributed by atoms with Gasteiger partial charge in [0.05, 0.1) is 15.6 Å². The van der Waals surface area contributed by atoms with Gasteiger partial charge in [0.1, 0.15) is 6.10 Å². The van der Waals surface area contributed by atoms with Gasteiger partial charge in [-0.25, -0.2) is 0 Å². The van der Waals surface area contributed by atoms with Crippen LogP contribution in [0.3, 0.4) is 0 Å². The fourth-order valence-electron chi connectivity index (χ4n) is 2.95. The van der Waals surface area contributed by atoms with E-state index in [4.69, 9.17) is 27.9 Å². The predicted molar refractivity (Wildman–Crippen MR) is 87.9 cm³/mol. The number of amides is 2. The molecule has 1 atom stereocenters. The van der Waals surface area contributed by atoms with E-state index >= 15 is 0 Å². The number of ether oxygens (including phenoxy) is 1. The van der Waals surface area contributed by atoms with Crippen molar-refractivity contribution >= 4 is 35.0 Å². The van der Waals surface area contributed by atoms with E-state index in [0.717, 1.165) is 12.8 Å². The number of carbonyl (C=O) groups excluding carboxylic acids is 2. The maximum Gasteiger partial charge on any atom is 0.255 e. The molecule has 1 unspecified atom stereocenters. The molecule has 1 aromatic rings. The van der Waals surface area contributed by atoms with Crippen LogP contribution >= 0.6 is 23.2 Å². The molecule has 0 aromatic heterocycles. The first-order valence-corrected chi connectivity index (χ1v) is 8.47. The van der Waals surface area contributed by atoms with E-state index in [-0.39, 0.29) is 22.9 Å². The Morgan fingerprint density at radius 1 is 1.09 bits per heavy atom. The lowest BCUT2D eigenvalue weighted by Gasteiger charge is -2.35. The molecule has 2 aliphatic heterocycles. The quantitative estimate of drug-likeness (QED) is 0.817. The molecule has 124 valence electrons. The van der Waals surface area contributed by atoms with Crippen LogP contribution in [0.5, 0.6) is 0 Å². The molecule has 2 aliphatic rings. The van der Waals surface area contributed by atoms with Crippen LogP contribution in [0.25, 0.3) is 0 Å². The second kappa shape index (κ2) is 7.07. The maximum absolute atomic E-state index is 12.6. The molecule has 2 heterocycles. The summed E-state index contributed by atoms with van der Waals surface area (Å²) in [4.78, 5) is 28.3. The third-order valence-electron chi connectivity index (χ3n) is 4.27. The van der Waals surface area contributed by atoms with Crippen molar-refractivity contribution < 1.29 is 14.3 Å². The number of piperazine rings is 1. The van der Waals surface area contributed by atoms with E-state index in [0.29, 0.717) is 43.4 Å². The van der Waals surface area contributed by atoms with Gasteiger partial charge in [0.25, 0.3) is 11.8 Å². The Bertz CT molecular complexity index is 609. The zero-order valence-corrected chi connectivity index (χ0v) is 14.1. The number of rotatable bonds is 2. The number of nitrogens with zero attached hydrogens (tertiary/aromatic N) is 2. The van der Waals surface area contributed by atoms with E-state index in [1.807, 2.05) is 0 Å². The molecule has 7 heteroatoms. The van der Waals surface area contributed by atoms with E-state index in [1.54, 1.807) is 28.0 Å². The van der Waals surface area contributed by atoms with Crippen LogP contribution in [0, 0.1) is 0 Å². The maximum atomic E-state index is 12.6. The summed E-state index contributed by atoms with van der Waals surface area (Å²) < 4.78 is 5.44. The lowest BCUT2D eigenvalue weighted by molar-refractivity contribution is -0.142. The average Bonchev–Trinajstić information content (AvgIpc) is 3.11. The number of carbonyl (C=O) groups is 2. The summed E-state index contributed by atoms with van der Waals surface area (Å²) in [5, 5.41) is 0.641. The Balaban J connectivity index is 1.61. The van der Waals surface area contributed by atoms with Crippen molar-refractivity contribution in [1.82, 2.24) is 9.80 Å². The Hall–Kier alpha value is -1.30. The van der Waals surface area contributed by atoms with Gasteiger partial charge in [-0.15, -0.1) is 0 Å². The van der Waals surface area contributed by atoms with Gasteiger partial charge in [-0.3, -0.25) is 9.59 Å². The van der Waals surface area contributed by atoms with E-state index in [9.17, 15) is 9.59 Å².